The fraction of sp³-hybridized carbons (Fsp3) is 0.375. The lowest BCUT2D eigenvalue weighted by Gasteiger charge is -2.08. The van der Waals surface area contributed by atoms with Crippen molar-refractivity contribution >= 4 is 26.8 Å². The maximum Gasteiger partial charge on any atom is 0.328 e. The molecule has 1 aliphatic rings. The number of aromatic nitrogens is 2. The Balaban J connectivity index is 1.65. The van der Waals surface area contributed by atoms with Crippen molar-refractivity contribution in [3.63, 3.8) is 0 Å². The van der Waals surface area contributed by atoms with Gasteiger partial charge < -0.3 is 5.32 Å². The molecule has 1 aromatic heterocycles. The molecule has 1 atom stereocenters. The van der Waals surface area contributed by atoms with Gasteiger partial charge in [0.25, 0.3) is 0 Å². The summed E-state index contributed by atoms with van der Waals surface area (Å²) in [6.07, 6.45) is 1.72. The first kappa shape index (κ1) is 16.5. The number of hydrogen-bond donors (Lipinski definition) is 1. The molecule has 3 rings (SSSR count). The first-order valence-corrected chi connectivity index (χ1v) is 9.30. The van der Waals surface area contributed by atoms with Crippen molar-refractivity contribution in [1.29, 1.82) is 0 Å². The molecule has 24 heavy (non-hydrogen) atoms. The zero-order chi connectivity index (χ0) is 17.5. The number of sulfone groups is 1. The number of imidazole rings is 1. The van der Waals surface area contributed by atoms with Crippen LogP contribution in [0.5, 0.6) is 0 Å². The van der Waals surface area contributed by atoms with Gasteiger partial charge in [0.05, 0.1) is 16.8 Å². The number of nitrogens with one attached hydrogen (secondary N) is 1. The van der Waals surface area contributed by atoms with Gasteiger partial charge in [-0.25, -0.2) is 13.2 Å². The van der Waals surface area contributed by atoms with E-state index in [1.807, 2.05) is 18.2 Å². The minimum absolute atomic E-state index is 0.00148. The Morgan fingerprint density at radius 1 is 1.25 bits per heavy atom. The number of aryl methyl sites for hydroxylation is 2. The predicted molar refractivity (Wildman–Crippen MR) is 91.0 cm³/mol. The summed E-state index contributed by atoms with van der Waals surface area (Å²) < 4.78 is 25.8. The Morgan fingerprint density at radius 2 is 1.96 bits per heavy atom. The van der Waals surface area contributed by atoms with Crippen LogP contribution in [-0.2, 0) is 35.3 Å². The summed E-state index contributed by atoms with van der Waals surface area (Å²) in [5, 5.41) is 3.97. The molecule has 0 saturated carbocycles. The Bertz CT molecular complexity index is 998. The highest BCUT2D eigenvalue weighted by Gasteiger charge is 2.23. The summed E-state index contributed by atoms with van der Waals surface area (Å²) in [6.45, 7) is 0.334. The molecule has 1 amide bonds. The van der Waals surface area contributed by atoms with Crippen LogP contribution in [0.1, 0.15) is 12.0 Å². The van der Waals surface area contributed by atoms with Crippen LogP contribution in [0.2, 0.25) is 0 Å². The summed E-state index contributed by atoms with van der Waals surface area (Å²) in [7, 11) is 0.292. The number of hydrogen-bond acceptors (Lipinski definition) is 4. The van der Waals surface area contributed by atoms with Crippen LogP contribution in [-0.4, -0.2) is 29.2 Å². The number of amides is 1. The molecule has 0 fully saturated rings. The van der Waals surface area contributed by atoms with Gasteiger partial charge in [-0.1, -0.05) is 12.1 Å². The lowest BCUT2D eigenvalue weighted by Crippen LogP contribution is -2.25. The lowest BCUT2D eigenvalue weighted by atomic mass is 10.1. The SMILES string of the molecule is Cn1c(=O)n(C)c2cc(CNC(=O)C[C@@H]3C=CS(=O)(=O)C3)ccc21. The van der Waals surface area contributed by atoms with Gasteiger partial charge in [0.15, 0.2) is 9.84 Å². The van der Waals surface area contributed by atoms with E-state index in [9.17, 15) is 18.0 Å². The largest absolute Gasteiger partial charge is 0.352 e. The molecule has 2 aromatic rings. The van der Waals surface area contributed by atoms with Crippen LogP contribution in [0, 0.1) is 5.92 Å². The number of nitrogens with zero attached hydrogens (tertiary/aromatic N) is 2. The Hall–Kier alpha value is -2.35. The van der Waals surface area contributed by atoms with E-state index in [2.05, 4.69) is 5.32 Å². The fourth-order valence-corrected chi connectivity index (χ4v) is 4.34. The molecule has 0 aliphatic carbocycles. The molecule has 0 bridgehead atoms. The van der Waals surface area contributed by atoms with Crippen LogP contribution in [0.15, 0.2) is 34.5 Å². The third kappa shape index (κ3) is 3.14. The molecule has 0 unspecified atom stereocenters. The third-order valence-corrected chi connectivity index (χ3v) is 5.74. The van der Waals surface area contributed by atoms with Crippen LogP contribution in [0.25, 0.3) is 11.0 Å². The maximum absolute atomic E-state index is 12.0. The molecule has 0 saturated heterocycles. The summed E-state index contributed by atoms with van der Waals surface area (Å²) in [6, 6.07) is 5.59. The van der Waals surface area contributed by atoms with E-state index in [0.29, 0.717) is 6.54 Å². The average molecular weight is 349 g/mol. The molecule has 128 valence electrons. The molecular formula is C16H19N3O4S. The minimum Gasteiger partial charge on any atom is -0.352 e. The molecule has 0 radical (unpaired) electrons. The third-order valence-electron chi connectivity index (χ3n) is 4.28. The topological polar surface area (TPSA) is 90.2 Å². The molecule has 2 heterocycles. The maximum atomic E-state index is 12.0. The van der Waals surface area contributed by atoms with Crippen molar-refractivity contribution in [1.82, 2.24) is 14.5 Å². The molecule has 0 spiro atoms. The Labute approximate surface area is 139 Å². The number of benzene rings is 1. The lowest BCUT2D eigenvalue weighted by molar-refractivity contribution is -0.121. The van der Waals surface area contributed by atoms with Gasteiger partial charge in [0.2, 0.25) is 5.91 Å². The van der Waals surface area contributed by atoms with Gasteiger partial charge in [-0.15, -0.1) is 0 Å². The van der Waals surface area contributed by atoms with E-state index in [1.165, 1.54) is 5.41 Å². The highest BCUT2D eigenvalue weighted by molar-refractivity contribution is 7.94. The van der Waals surface area contributed by atoms with Gasteiger partial charge in [-0.3, -0.25) is 13.9 Å². The van der Waals surface area contributed by atoms with Crippen molar-refractivity contribution in [3.8, 4) is 0 Å². The molecule has 1 aliphatic heterocycles. The van der Waals surface area contributed by atoms with Gasteiger partial charge in [0, 0.05) is 38.4 Å². The normalized spacial score (nSPS) is 19.0. The number of allylic oxidation sites excluding steroid dienone is 1. The first-order chi connectivity index (χ1) is 11.3. The standard InChI is InChI=1S/C16H19N3O4S/c1-18-13-4-3-11(7-14(13)19(2)16(18)21)9-17-15(20)8-12-5-6-24(22,23)10-12/h3-7,12H,8-10H2,1-2H3,(H,17,20)/t12-/m0/s1. The van der Waals surface area contributed by atoms with Crippen LogP contribution in [0.3, 0.4) is 0 Å². The van der Waals surface area contributed by atoms with E-state index in [4.69, 9.17) is 0 Å². The molecule has 8 heteroatoms. The van der Waals surface area contributed by atoms with E-state index >= 15 is 0 Å². The minimum atomic E-state index is -3.13. The Kier molecular flexibility index (Phi) is 4.08. The smallest absolute Gasteiger partial charge is 0.328 e. The van der Waals surface area contributed by atoms with Gasteiger partial charge in [0.1, 0.15) is 0 Å². The summed E-state index contributed by atoms with van der Waals surface area (Å²) in [5.74, 6) is -0.449. The molecule has 1 N–H and O–H groups in total. The highest BCUT2D eigenvalue weighted by Crippen LogP contribution is 2.18. The number of carbonyl (C=O) groups is 1. The van der Waals surface area contributed by atoms with Crippen molar-refractivity contribution < 1.29 is 13.2 Å². The monoisotopic (exact) mass is 349 g/mol. The van der Waals surface area contributed by atoms with Crippen molar-refractivity contribution in [2.45, 2.75) is 13.0 Å². The second kappa shape index (κ2) is 5.94. The second-order valence-corrected chi connectivity index (χ2v) is 8.05. The van der Waals surface area contributed by atoms with E-state index in [-0.39, 0.29) is 29.7 Å². The zero-order valence-corrected chi connectivity index (χ0v) is 14.3. The van der Waals surface area contributed by atoms with E-state index < -0.39 is 9.84 Å². The summed E-state index contributed by atoms with van der Waals surface area (Å²) >= 11 is 0. The van der Waals surface area contributed by atoms with Crippen LogP contribution in [0.4, 0.5) is 0 Å². The number of rotatable bonds is 4. The Morgan fingerprint density at radius 3 is 2.62 bits per heavy atom. The molecular weight excluding hydrogens is 330 g/mol. The van der Waals surface area contributed by atoms with Crippen molar-refractivity contribution in [2.24, 2.45) is 20.0 Å². The second-order valence-electron chi connectivity index (χ2n) is 6.12. The van der Waals surface area contributed by atoms with Gasteiger partial charge >= 0.3 is 5.69 Å². The summed E-state index contributed by atoms with van der Waals surface area (Å²) in [5.41, 5.74) is 2.42. The predicted octanol–water partition coefficient (Wildman–Crippen LogP) is 0.442. The van der Waals surface area contributed by atoms with Crippen molar-refractivity contribution in [2.75, 3.05) is 5.75 Å². The first-order valence-electron chi connectivity index (χ1n) is 7.59. The van der Waals surface area contributed by atoms with Crippen LogP contribution < -0.4 is 11.0 Å². The average Bonchev–Trinajstić information content (AvgIpc) is 2.98. The molecule has 7 nitrogen and oxygen atoms in total. The van der Waals surface area contributed by atoms with Crippen molar-refractivity contribution in [3.05, 3.63) is 45.7 Å². The van der Waals surface area contributed by atoms with Crippen LogP contribution >= 0.6 is 0 Å². The van der Waals surface area contributed by atoms with Gasteiger partial charge in [-0.2, -0.15) is 0 Å². The molecule has 1 aromatic carbocycles. The number of carbonyl (C=O) groups excluding carboxylic acids is 1. The number of fused-ring (bicyclic) bond motifs is 1. The zero-order valence-electron chi connectivity index (χ0n) is 13.5. The summed E-state index contributed by atoms with van der Waals surface area (Å²) in [4.78, 5) is 23.9. The fourth-order valence-electron chi connectivity index (χ4n) is 2.94. The van der Waals surface area contributed by atoms with E-state index in [1.54, 1.807) is 29.3 Å². The van der Waals surface area contributed by atoms with E-state index in [0.717, 1.165) is 16.6 Å². The quantitative estimate of drug-likeness (QED) is 0.867. The highest BCUT2D eigenvalue weighted by atomic mass is 32.2. The van der Waals surface area contributed by atoms with Gasteiger partial charge in [-0.05, 0) is 17.7 Å².